The molecule has 106 valence electrons. The number of thiophene rings is 1. The predicted molar refractivity (Wildman–Crippen MR) is 67.9 cm³/mol. The lowest BCUT2D eigenvalue weighted by Gasteiger charge is -2.05. The number of hydrogen-bond donors (Lipinski definition) is 1. The molecule has 0 fully saturated rings. The van der Waals surface area contributed by atoms with Gasteiger partial charge in [0.25, 0.3) is 10.0 Å². The summed E-state index contributed by atoms with van der Waals surface area (Å²) < 4.78 is 34.4. The lowest BCUT2D eigenvalue weighted by Crippen LogP contribution is -2.30. The van der Waals surface area contributed by atoms with Gasteiger partial charge in [0.2, 0.25) is 0 Å². The molecule has 0 spiro atoms. The van der Waals surface area contributed by atoms with Gasteiger partial charge in [0.05, 0.1) is 24.1 Å². The number of halogens is 1. The number of carbonyl (C=O) groups is 2. The number of nitrogens with one attached hydrogen (secondary N) is 1. The van der Waals surface area contributed by atoms with E-state index in [0.717, 1.165) is 14.2 Å². The minimum Gasteiger partial charge on any atom is -0.468 e. The molecule has 0 aliphatic carbocycles. The van der Waals surface area contributed by atoms with Crippen LogP contribution in [0.4, 0.5) is 0 Å². The van der Waals surface area contributed by atoms with Crippen LogP contribution in [0.25, 0.3) is 0 Å². The summed E-state index contributed by atoms with van der Waals surface area (Å²) in [6.45, 7) is -0.547. The van der Waals surface area contributed by atoms with E-state index in [0.29, 0.717) is 11.3 Å². The molecular formula is C9H10ClNO6S2. The Labute approximate surface area is 118 Å². The van der Waals surface area contributed by atoms with E-state index in [9.17, 15) is 18.0 Å². The standard InChI is InChI=1S/C9H10ClNO6S2/c1-16-7(12)4-11-19(14,15)9-5(8(13)17-2)3-6(10)18-9/h3,11H,4H2,1-2H3. The predicted octanol–water partition coefficient (Wildman–Crippen LogP) is 0.639. The summed E-state index contributed by atoms with van der Waals surface area (Å²) in [5.41, 5.74) is -0.185. The number of hydrogen-bond acceptors (Lipinski definition) is 7. The van der Waals surface area contributed by atoms with Crippen molar-refractivity contribution >= 4 is 44.9 Å². The molecule has 1 rings (SSSR count). The molecule has 7 nitrogen and oxygen atoms in total. The maximum absolute atomic E-state index is 11.9. The van der Waals surface area contributed by atoms with Crippen molar-refractivity contribution in [3.63, 3.8) is 0 Å². The first-order valence-corrected chi connectivity index (χ1v) is 7.43. The zero-order chi connectivity index (χ0) is 14.6. The van der Waals surface area contributed by atoms with E-state index in [1.165, 1.54) is 6.07 Å². The molecule has 0 radical (unpaired) electrons. The minimum absolute atomic E-state index is 0.110. The van der Waals surface area contributed by atoms with Crippen molar-refractivity contribution in [1.82, 2.24) is 4.72 Å². The quantitative estimate of drug-likeness (QED) is 0.797. The van der Waals surface area contributed by atoms with Crippen LogP contribution in [-0.2, 0) is 24.3 Å². The molecule has 0 saturated heterocycles. The number of carbonyl (C=O) groups excluding carboxylic acids is 2. The molecule has 0 amide bonds. The fraction of sp³-hybridized carbons (Fsp3) is 0.333. The second-order valence-electron chi connectivity index (χ2n) is 3.14. The largest absolute Gasteiger partial charge is 0.468 e. The van der Waals surface area contributed by atoms with Crippen molar-refractivity contribution in [2.75, 3.05) is 20.8 Å². The van der Waals surface area contributed by atoms with Crippen LogP contribution in [0.1, 0.15) is 10.4 Å². The average Bonchev–Trinajstić information content (AvgIpc) is 2.78. The molecule has 0 aliphatic rings. The molecule has 1 heterocycles. The normalized spacial score (nSPS) is 11.1. The molecule has 0 unspecified atom stereocenters. The Hall–Kier alpha value is -1.16. The van der Waals surface area contributed by atoms with Crippen LogP contribution in [0.2, 0.25) is 4.34 Å². The second kappa shape index (κ2) is 6.33. The van der Waals surface area contributed by atoms with Gasteiger partial charge in [-0.2, -0.15) is 4.72 Å². The van der Waals surface area contributed by atoms with Gasteiger partial charge in [-0.15, -0.1) is 11.3 Å². The summed E-state index contributed by atoms with van der Waals surface area (Å²) >= 11 is 6.38. The lowest BCUT2D eigenvalue weighted by molar-refractivity contribution is -0.139. The van der Waals surface area contributed by atoms with E-state index in [2.05, 4.69) is 9.47 Å². The van der Waals surface area contributed by atoms with Crippen molar-refractivity contribution < 1.29 is 27.5 Å². The number of esters is 2. The molecule has 0 bridgehead atoms. The smallest absolute Gasteiger partial charge is 0.340 e. The first-order chi connectivity index (χ1) is 8.81. The van der Waals surface area contributed by atoms with E-state index in [-0.39, 0.29) is 14.1 Å². The molecule has 0 aromatic carbocycles. The Bertz CT molecular complexity index is 594. The summed E-state index contributed by atoms with van der Waals surface area (Å²) in [5.74, 6) is -1.59. The summed E-state index contributed by atoms with van der Waals surface area (Å²) in [7, 11) is -1.81. The Kier molecular flexibility index (Phi) is 5.29. The van der Waals surface area contributed by atoms with Crippen LogP contribution in [0.3, 0.4) is 0 Å². The first kappa shape index (κ1) is 15.9. The van der Waals surface area contributed by atoms with E-state index < -0.39 is 28.5 Å². The monoisotopic (exact) mass is 327 g/mol. The molecule has 0 aliphatic heterocycles. The molecule has 1 aromatic rings. The van der Waals surface area contributed by atoms with Crippen molar-refractivity contribution in [3.05, 3.63) is 16.0 Å². The van der Waals surface area contributed by atoms with Gasteiger partial charge >= 0.3 is 11.9 Å². The van der Waals surface area contributed by atoms with Crippen LogP contribution in [-0.4, -0.2) is 41.1 Å². The summed E-state index contributed by atoms with van der Waals surface area (Å²) in [6.07, 6.45) is 0. The summed E-state index contributed by atoms with van der Waals surface area (Å²) in [6, 6.07) is 1.19. The van der Waals surface area contributed by atoms with Gasteiger partial charge in [-0.05, 0) is 6.07 Å². The van der Waals surface area contributed by atoms with Crippen molar-refractivity contribution in [3.8, 4) is 0 Å². The highest BCUT2D eigenvalue weighted by Crippen LogP contribution is 2.31. The molecule has 0 saturated carbocycles. The maximum Gasteiger partial charge on any atom is 0.340 e. The zero-order valence-electron chi connectivity index (χ0n) is 9.93. The fourth-order valence-electron chi connectivity index (χ4n) is 1.09. The second-order valence-corrected chi connectivity index (χ2v) is 6.79. The third-order valence-electron chi connectivity index (χ3n) is 1.95. The molecule has 19 heavy (non-hydrogen) atoms. The van der Waals surface area contributed by atoms with Gasteiger partial charge in [-0.1, -0.05) is 11.6 Å². The molecule has 1 N–H and O–H groups in total. The van der Waals surface area contributed by atoms with Crippen molar-refractivity contribution in [1.29, 1.82) is 0 Å². The van der Waals surface area contributed by atoms with Crippen LogP contribution in [0.15, 0.2) is 10.3 Å². The fourth-order valence-corrected chi connectivity index (χ4v) is 3.93. The number of ether oxygens (including phenoxy) is 2. The third-order valence-corrected chi connectivity index (χ3v) is 5.15. The van der Waals surface area contributed by atoms with Crippen LogP contribution in [0, 0.1) is 0 Å². The number of rotatable bonds is 5. The number of methoxy groups -OCH3 is 2. The highest BCUT2D eigenvalue weighted by Gasteiger charge is 2.27. The highest BCUT2D eigenvalue weighted by molar-refractivity contribution is 7.91. The summed E-state index contributed by atoms with van der Waals surface area (Å²) in [4.78, 5) is 22.3. The highest BCUT2D eigenvalue weighted by atomic mass is 35.5. The average molecular weight is 328 g/mol. The Morgan fingerprint density at radius 1 is 1.37 bits per heavy atom. The minimum atomic E-state index is -4.05. The zero-order valence-corrected chi connectivity index (χ0v) is 12.3. The summed E-state index contributed by atoms with van der Waals surface area (Å²) in [5, 5.41) is 0. The van der Waals surface area contributed by atoms with E-state index >= 15 is 0 Å². The molecular weight excluding hydrogens is 318 g/mol. The van der Waals surface area contributed by atoms with Crippen molar-refractivity contribution in [2.24, 2.45) is 0 Å². The molecule has 10 heteroatoms. The van der Waals surface area contributed by atoms with Gasteiger partial charge in [-0.3, -0.25) is 4.79 Å². The topological polar surface area (TPSA) is 98.8 Å². The maximum atomic E-state index is 11.9. The molecule has 0 atom stereocenters. The molecule has 1 aromatic heterocycles. The Morgan fingerprint density at radius 3 is 2.53 bits per heavy atom. The number of sulfonamides is 1. The van der Waals surface area contributed by atoms with Crippen molar-refractivity contribution in [2.45, 2.75) is 4.21 Å². The van der Waals surface area contributed by atoms with Gasteiger partial charge in [0, 0.05) is 0 Å². The van der Waals surface area contributed by atoms with Gasteiger partial charge in [0.1, 0.15) is 6.54 Å². The third kappa shape index (κ3) is 3.90. The van der Waals surface area contributed by atoms with E-state index in [1.807, 2.05) is 4.72 Å². The van der Waals surface area contributed by atoms with Gasteiger partial charge in [0.15, 0.2) is 4.21 Å². The Balaban J connectivity index is 3.07. The van der Waals surface area contributed by atoms with E-state index in [4.69, 9.17) is 11.6 Å². The van der Waals surface area contributed by atoms with Crippen LogP contribution < -0.4 is 4.72 Å². The van der Waals surface area contributed by atoms with Gasteiger partial charge < -0.3 is 9.47 Å². The Morgan fingerprint density at radius 2 is 2.00 bits per heavy atom. The SMILES string of the molecule is COC(=O)CNS(=O)(=O)c1sc(Cl)cc1C(=O)OC. The van der Waals surface area contributed by atoms with E-state index in [1.54, 1.807) is 0 Å². The van der Waals surface area contributed by atoms with Crippen LogP contribution in [0.5, 0.6) is 0 Å². The van der Waals surface area contributed by atoms with Gasteiger partial charge in [-0.25, -0.2) is 13.2 Å². The lowest BCUT2D eigenvalue weighted by atomic mass is 10.3. The first-order valence-electron chi connectivity index (χ1n) is 4.76. The van der Waals surface area contributed by atoms with Crippen LogP contribution >= 0.6 is 22.9 Å².